The third-order valence-electron chi connectivity index (χ3n) is 4.60. The second-order valence-electron chi connectivity index (χ2n) is 6.49. The summed E-state index contributed by atoms with van der Waals surface area (Å²) in [6.07, 6.45) is 3.84. The molecular formula is C21H25ClN2OS. The van der Waals surface area contributed by atoms with Gasteiger partial charge in [0.15, 0.2) is 0 Å². The molecule has 0 aromatic heterocycles. The normalized spacial score (nSPS) is 14.3. The number of thioether (sulfide) groups is 1. The third-order valence-corrected chi connectivity index (χ3v) is 5.97. The fourth-order valence-corrected chi connectivity index (χ4v) is 4.26. The fourth-order valence-electron chi connectivity index (χ4n) is 3.11. The Labute approximate surface area is 165 Å². The zero-order valence-corrected chi connectivity index (χ0v) is 16.5. The number of piperidine rings is 1. The van der Waals surface area contributed by atoms with E-state index in [1.54, 1.807) is 11.8 Å². The van der Waals surface area contributed by atoms with Crippen molar-refractivity contribution in [1.82, 2.24) is 5.32 Å². The molecule has 1 aliphatic heterocycles. The Morgan fingerprint density at radius 3 is 2.50 bits per heavy atom. The van der Waals surface area contributed by atoms with Crippen molar-refractivity contribution in [1.29, 1.82) is 0 Å². The van der Waals surface area contributed by atoms with Gasteiger partial charge in [0.05, 0.1) is 0 Å². The van der Waals surface area contributed by atoms with Crippen molar-refractivity contribution in [3.05, 3.63) is 64.7 Å². The average molecular weight is 389 g/mol. The van der Waals surface area contributed by atoms with Crippen LogP contribution in [-0.2, 0) is 5.75 Å². The topological polar surface area (TPSA) is 32.3 Å². The minimum atomic E-state index is -0.00598. The second kappa shape index (κ2) is 9.89. The van der Waals surface area contributed by atoms with E-state index in [2.05, 4.69) is 22.3 Å². The summed E-state index contributed by atoms with van der Waals surface area (Å²) in [4.78, 5) is 14.7. The van der Waals surface area contributed by atoms with Gasteiger partial charge in [0.25, 0.3) is 5.91 Å². The molecule has 1 amide bonds. The van der Waals surface area contributed by atoms with Crippen LogP contribution in [-0.4, -0.2) is 31.3 Å². The molecule has 0 saturated carbocycles. The summed E-state index contributed by atoms with van der Waals surface area (Å²) < 4.78 is 0. The van der Waals surface area contributed by atoms with Crippen LogP contribution in [0, 0.1) is 0 Å². The zero-order chi connectivity index (χ0) is 18.2. The maximum atomic E-state index is 12.3. The molecule has 0 aliphatic carbocycles. The summed E-state index contributed by atoms with van der Waals surface area (Å²) in [5.74, 6) is 1.72. The minimum Gasteiger partial charge on any atom is -0.372 e. The Morgan fingerprint density at radius 1 is 1.04 bits per heavy atom. The molecule has 3 rings (SSSR count). The summed E-state index contributed by atoms with van der Waals surface area (Å²) >= 11 is 7.92. The average Bonchev–Trinajstić information content (AvgIpc) is 2.70. The fraction of sp³-hybridized carbons (Fsp3) is 0.381. The lowest BCUT2D eigenvalue weighted by Gasteiger charge is -2.28. The number of amides is 1. The first kappa shape index (κ1) is 19.1. The standard InChI is InChI=1S/C21H25ClN2OS/c22-20-7-3-2-6-18(20)16-26-15-12-23-21(25)17-8-10-19(11-9-17)24-13-4-1-5-14-24/h2-3,6-11H,1,4-5,12-16H2,(H,23,25). The van der Waals surface area contributed by atoms with Gasteiger partial charge < -0.3 is 10.2 Å². The van der Waals surface area contributed by atoms with Crippen LogP contribution in [0.25, 0.3) is 0 Å². The van der Waals surface area contributed by atoms with E-state index in [0.717, 1.165) is 40.7 Å². The lowest BCUT2D eigenvalue weighted by atomic mass is 10.1. The molecule has 26 heavy (non-hydrogen) atoms. The van der Waals surface area contributed by atoms with Gasteiger partial charge in [-0.3, -0.25) is 4.79 Å². The van der Waals surface area contributed by atoms with Crippen LogP contribution >= 0.6 is 23.4 Å². The van der Waals surface area contributed by atoms with Gasteiger partial charge in [-0.15, -0.1) is 0 Å². The molecule has 0 spiro atoms. The van der Waals surface area contributed by atoms with Gasteiger partial charge in [-0.2, -0.15) is 11.8 Å². The van der Waals surface area contributed by atoms with Crippen molar-refractivity contribution in [2.45, 2.75) is 25.0 Å². The Morgan fingerprint density at radius 2 is 1.77 bits per heavy atom. The molecule has 0 atom stereocenters. The number of nitrogens with one attached hydrogen (secondary N) is 1. The van der Waals surface area contributed by atoms with Crippen molar-refractivity contribution >= 4 is 35.0 Å². The van der Waals surface area contributed by atoms with E-state index >= 15 is 0 Å². The van der Waals surface area contributed by atoms with Crippen LogP contribution in [0.3, 0.4) is 0 Å². The predicted octanol–water partition coefficient (Wildman–Crippen LogP) is 4.99. The number of carbonyl (C=O) groups is 1. The molecule has 5 heteroatoms. The summed E-state index contributed by atoms with van der Waals surface area (Å²) in [5, 5.41) is 3.80. The Kier molecular flexibility index (Phi) is 7.27. The minimum absolute atomic E-state index is 0.00598. The lowest BCUT2D eigenvalue weighted by Crippen LogP contribution is -2.29. The maximum Gasteiger partial charge on any atom is 0.251 e. The molecule has 1 saturated heterocycles. The van der Waals surface area contributed by atoms with Crippen LogP contribution in [0.4, 0.5) is 5.69 Å². The zero-order valence-electron chi connectivity index (χ0n) is 14.9. The number of hydrogen-bond acceptors (Lipinski definition) is 3. The van der Waals surface area contributed by atoms with Crippen LogP contribution in [0.2, 0.25) is 5.02 Å². The van der Waals surface area contributed by atoms with Crippen molar-refractivity contribution in [2.24, 2.45) is 0 Å². The molecular weight excluding hydrogens is 364 g/mol. The molecule has 0 radical (unpaired) electrons. The van der Waals surface area contributed by atoms with Gasteiger partial charge >= 0.3 is 0 Å². The first-order valence-electron chi connectivity index (χ1n) is 9.18. The quantitative estimate of drug-likeness (QED) is 0.678. The summed E-state index contributed by atoms with van der Waals surface area (Å²) in [7, 11) is 0. The molecule has 2 aromatic carbocycles. The highest BCUT2D eigenvalue weighted by molar-refractivity contribution is 7.98. The summed E-state index contributed by atoms with van der Waals surface area (Å²) in [5.41, 5.74) is 3.08. The van der Waals surface area contributed by atoms with E-state index in [9.17, 15) is 4.79 Å². The van der Waals surface area contributed by atoms with Crippen LogP contribution in [0.1, 0.15) is 35.2 Å². The molecule has 0 bridgehead atoms. The van der Waals surface area contributed by atoms with Gasteiger partial charge in [-0.25, -0.2) is 0 Å². The van der Waals surface area contributed by atoms with E-state index in [0.29, 0.717) is 6.54 Å². The Balaban J connectivity index is 1.40. The van der Waals surface area contributed by atoms with Gasteiger partial charge in [-0.1, -0.05) is 29.8 Å². The van der Waals surface area contributed by atoms with Crippen molar-refractivity contribution in [3.8, 4) is 0 Å². The smallest absolute Gasteiger partial charge is 0.251 e. The molecule has 0 unspecified atom stereocenters. The van der Waals surface area contributed by atoms with Gasteiger partial charge in [-0.05, 0) is 55.2 Å². The molecule has 1 fully saturated rings. The van der Waals surface area contributed by atoms with Crippen molar-refractivity contribution in [3.63, 3.8) is 0 Å². The highest BCUT2D eigenvalue weighted by atomic mass is 35.5. The Bertz CT molecular complexity index is 714. The van der Waals surface area contributed by atoms with Gasteiger partial charge in [0, 0.05) is 47.4 Å². The number of carbonyl (C=O) groups excluding carboxylic acids is 1. The van der Waals surface area contributed by atoms with Crippen LogP contribution < -0.4 is 10.2 Å². The van der Waals surface area contributed by atoms with Crippen LogP contribution in [0.15, 0.2) is 48.5 Å². The molecule has 1 N–H and O–H groups in total. The van der Waals surface area contributed by atoms with E-state index in [1.807, 2.05) is 36.4 Å². The third kappa shape index (κ3) is 5.42. The number of hydrogen-bond donors (Lipinski definition) is 1. The second-order valence-corrected chi connectivity index (χ2v) is 8.01. The SMILES string of the molecule is O=C(NCCSCc1ccccc1Cl)c1ccc(N2CCCCC2)cc1. The number of rotatable bonds is 7. The highest BCUT2D eigenvalue weighted by Gasteiger charge is 2.11. The largest absolute Gasteiger partial charge is 0.372 e. The molecule has 2 aromatic rings. The van der Waals surface area contributed by atoms with Crippen LogP contribution in [0.5, 0.6) is 0 Å². The number of anilines is 1. The maximum absolute atomic E-state index is 12.3. The van der Waals surface area contributed by atoms with E-state index in [4.69, 9.17) is 11.6 Å². The van der Waals surface area contributed by atoms with E-state index < -0.39 is 0 Å². The number of nitrogens with zero attached hydrogens (tertiary/aromatic N) is 1. The molecule has 138 valence electrons. The van der Waals surface area contributed by atoms with Crippen molar-refractivity contribution < 1.29 is 4.79 Å². The monoisotopic (exact) mass is 388 g/mol. The highest BCUT2D eigenvalue weighted by Crippen LogP contribution is 2.21. The van der Waals surface area contributed by atoms with Gasteiger partial charge in [0.2, 0.25) is 0 Å². The molecule has 1 heterocycles. The first-order chi connectivity index (χ1) is 12.7. The van der Waals surface area contributed by atoms with E-state index in [1.165, 1.54) is 24.9 Å². The number of halogens is 1. The Hall–Kier alpha value is -1.65. The number of benzene rings is 2. The predicted molar refractivity (Wildman–Crippen MR) is 112 cm³/mol. The lowest BCUT2D eigenvalue weighted by molar-refractivity contribution is 0.0956. The summed E-state index contributed by atoms with van der Waals surface area (Å²) in [6, 6.07) is 15.9. The first-order valence-corrected chi connectivity index (χ1v) is 10.7. The van der Waals surface area contributed by atoms with Crippen molar-refractivity contribution in [2.75, 3.05) is 30.3 Å². The van der Waals surface area contributed by atoms with Gasteiger partial charge in [0.1, 0.15) is 0 Å². The summed E-state index contributed by atoms with van der Waals surface area (Å²) in [6.45, 7) is 2.89. The molecule has 3 nitrogen and oxygen atoms in total. The molecule has 1 aliphatic rings. The van der Waals surface area contributed by atoms with E-state index in [-0.39, 0.29) is 5.91 Å².